The fourth-order valence-corrected chi connectivity index (χ4v) is 2.34. The molecule has 1 amide bonds. The number of anilines is 1. The highest BCUT2D eigenvalue weighted by atomic mass is 35.5. The highest BCUT2D eigenvalue weighted by molar-refractivity contribution is 6.64. The zero-order chi connectivity index (χ0) is 14.2. The Balaban J connectivity index is 2.38. The SMILES string of the molecule is Cc1c(N2C[C@@H](C(=O)Cl)CC2=O)cccc1[N+](=O)[O-]. The number of halogens is 1. The molecule has 1 fully saturated rings. The summed E-state index contributed by atoms with van der Waals surface area (Å²) < 4.78 is 0. The van der Waals surface area contributed by atoms with Crippen molar-refractivity contribution in [2.45, 2.75) is 13.3 Å². The highest BCUT2D eigenvalue weighted by Gasteiger charge is 2.35. The van der Waals surface area contributed by atoms with Crippen LogP contribution >= 0.6 is 11.6 Å². The summed E-state index contributed by atoms with van der Waals surface area (Å²) in [5, 5.41) is 10.3. The second-order valence-corrected chi connectivity index (χ2v) is 4.76. The van der Waals surface area contributed by atoms with Crippen LogP contribution in [0.4, 0.5) is 11.4 Å². The lowest BCUT2D eigenvalue weighted by atomic mass is 10.1. The van der Waals surface area contributed by atoms with Crippen molar-refractivity contribution in [2.24, 2.45) is 5.92 Å². The molecule has 1 heterocycles. The van der Waals surface area contributed by atoms with Gasteiger partial charge >= 0.3 is 0 Å². The van der Waals surface area contributed by atoms with Crippen molar-refractivity contribution in [1.29, 1.82) is 0 Å². The lowest BCUT2D eigenvalue weighted by molar-refractivity contribution is -0.385. The molecule has 0 unspecified atom stereocenters. The fourth-order valence-electron chi connectivity index (χ4n) is 2.19. The molecule has 19 heavy (non-hydrogen) atoms. The van der Waals surface area contributed by atoms with Crippen molar-refractivity contribution in [1.82, 2.24) is 0 Å². The van der Waals surface area contributed by atoms with Crippen LogP contribution in [0, 0.1) is 23.0 Å². The molecule has 7 heteroatoms. The largest absolute Gasteiger partial charge is 0.311 e. The third-order valence-electron chi connectivity index (χ3n) is 3.21. The van der Waals surface area contributed by atoms with Gasteiger partial charge in [-0.25, -0.2) is 0 Å². The summed E-state index contributed by atoms with van der Waals surface area (Å²) >= 11 is 5.40. The van der Waals surface area contributed by atoms with Crippen molar-refractivity contribution >= 4 is 34.1 Å². The molecular weight excluding hydrogens is 272 g/mol. The number of nitro groups is 1. The molecule has 0 saturated carbocycles. The minimum atomic E-state index is -0.557. The van der Waals surface area contributed by atoms with Crippen LogP contribution in [0.25, 0.3) is 0 Å². The Labute approximate surface area is 114 Å². The summed E-state index contributed by atoms with van der Waals surface area (Å²) in [5.41, 5.74) is 0.814. The first-order valence-corrected chi connectivity index (χ1v) is 6.03. The standard InChI is InChI=1S/C12H11ClN2O4/c1-7-9(3-2-4-10(7)15(18)19)14-6-8(12(13)17)5-11(14)16/h2-4,8H,5-6H2,1H3/t8-/m0/s1. The lowest BCUT2D eigenvalue weighted by Gasteiger charge is -2.18. The van der Waals surface area contributed by atoms with Gasteiger partial charge in [-0.3, -0.25) is 19.7 Å². The maximum Gasteiger partial charge on any atom is 0.274 e. The second-order valence-electron chi connectivity index (χ2n) is 4.39. The molecule has 6 nitrogen and oxygen atoms in total. The molecule has 1 aromatic carbocycles. The highest BCUT2D eigenvalue weighted by Crippen LogP contribution is 2.32. The van der Waals surface area contributed by atoms with E-state index in [0.29, 0.717) is 11.3 Å². The first-order valence-electron chi connectivity index (χ1n) is 5.65. The predicted octanol–water partition coefficient (Wildman–Crippen LogP) is 2.02. The molecule has 0 N–H and O–H groups in total. The molecule has 1 saturated heterocycles. The maximum absolute atomic E-state index is 11.9. The number of hydrogen-bond acceptors (Lipinski definition) is 4. The van der Waals surface area contributed by atoms with E-state index in [1.165, 1.54) is 17.0 Å². The third kappa shape index (κ3) is 2.44. The van der Waals surface area contributed by atoms with Crippen molar-refractivity contribution in [3.8, 4) is 0 Å². The van der Waals surface area contributed by atoms with E-state index >= 15 is 0 Å². The maximum atomic E-state index is 11.9. The number of rotatable bonds is 3. The van der Waals surface area contributed by atoms with Crippen molar-refractivity contribution in [2.75, 3.05) is 11.4 Å². The van der Waals surface area contributed by atoms with Gasteiger partial charge in [0.25, 0.3) is 5.69 Å². The molecule has 1 aromatic rings. The Morgan fingerprint density at radius 2 is 2.21 bits per heavy atom. The number of amides is 1. The Kier molecular flexibility index (Phi) is 3.53. The molecule has 0 radical (unpaired) electrons. The Bertz CT molecular complexity index is 573. The van der Waals surface area contributed by atoms with Gasteiger partial charge < -0.3 is 4.90 Å². The third-order valence-corrected chi connectivity index (χ3v) is 3.52. The first-order chi connectivity index (χ1) is 8.91. The lowest BCUT2D eigenvalue weighted by Crippen LogP contribution is -2.26. The Morgan fingerprint density at radius 3 is 2.74 bits per heavy atom. The molecule has 1 atom stereocenters. The molecule has 1 aliphatic heterocycles. The molecule has 0 aromatic heterocycles. The van der Waals surface area contributed by atoms with Crippen LogP contribution in [0.2, 0.25) is 0 Å². The van der Waals surface area contributed by atoms with Crippen molar-refractivity contribution in [3.05, 3.63) is 33.9 Å². The molecule has 1 aliphatic rings. The van der Waals surface area contributed by atoms with Crippen LogP contribution in [0.1, 0.15) is 12.0 Å². The molecule has 0 aliphatic carbocycles. The second kappa shape index (κ2) is 4.97. The zero-order valence-corrected chi connectivity index (χ0v) is 10.9. The van der Waals surface area contributed by atoms with Gasteiger partial charge in [-0.1, -0.05) is 6.07 Å². The summed E-state index contributed by atoms with van der Waals surface area (Å²) in [6.07, 6.45) is 0.0461. The minimum Gasteiger partial charge on any atom is -0.311 e. The topological polar surface area (TPSA) is 80.5 Å². The molecule has 100 valence electrons. The van der Waals surface area contributed by atoms with E-state index in [1.807, 2.05) is 0 Å². The Hall–Kier alpha value is -1.95. The average molecular weight is 283 g/mol. The fraction of sp³-hybridized carbons (Fsp3) is 0.333. The number of nitrogens with zero attached hydrogens (tertiary/aromatic N) is 2. The average Bonchev–Trinajstić information content (AvgIpc) is 2.71. The van der Waals surface area contributed by atoms with Gasteiger partial charge in [0, 0.05) is 19.0 Å². The van der Waals surface area contributed by atoms with Gasteiger partial charge in [0.15, 0.2) is 0 Å². The number of benzene rings is 1. The summed E-state index contributed by atoms with van der Waals surface area (Å²) in [4.78, 5) is 34.7. The van der Waals surface area contributed by atoms with E-state index in [0.717, 1.165) is 0 Å². The number of carbonyl (C=O) groups is 2. The van der Waals surface area contributed by atoms with Crippen molar-refractivity contribution in [3.63, 3.8) is 0 Å². The van der Waals surface area contributed by atoms with Crippen LogP contribution in [0.5, 0.6) is 0 Å². The van der Waals surface area contributed by atoms with E-state index < -0.39 is 16.1 Å². The zero-order valence-electron chi connectivity index (χ0n) is 10.1. The van der Waals surface area contributed by atoms with Crippen LogP contribution in [-0.2, 0) is 9.59 Å². The predicted molar refractivity (Wildman–Crippen MR) is 69.2 cm³/mol. The Morgan fingerprint density at radius 1 is 1.53 bits per heavy atom. The summed E-state index contributed by atoms with van der Waals surface area (Å²) in [6, 6.07) is 4.52. The minimum absolute atomic E-state index is 0.0461. The van der Waals surface area contributed by atoms with Crippen LogP contribution in [-0.4, -0.2) is 22.6 Å². The smallest absolute Gasteiger partial charge is 0.274 e. The summed E-state index contributed by atoms with van der Waals surface area (Å²) in [6.45, 7) is 1.75. The number of carbonyl (C=O) groups excluding carboxylic acids is 2. The first kappa shape index (κ1) is 13.5. The van der Waals surface area contributed by atoms with Gasteiger partial charge in [-0.2, -0.15) is 0 Å². The number of nitro benzene ring substituents is 1. The monoisotopic (exact) mass is 282 g/mol. The molecule has 0 bridgehead atoms. The summed E-state index contributed by atoms with van der Waals surface area (Å²) in [5.74, 6) is -0.796. The van der Waals surface area contributed by atoms with Crippen LogP contribution < -0.4 is 4.90 Å². The normalized spacial score (nSPS) is 18.7. The van der Waals surface area contributed by atoms with E-state index in [9.17, 15) is 19.7 Å². The van der Waals surface area contributed by atoms with Gasteiger partial charge in [-0.15, -0.1) is 0 Å². The van der Waals surface area contributed by atoms with E-state index in [4.69, 9.17) is 11.6 Å². The van der Waals surface area contributed by atoms with Gasteiger partial charge in [0.05, 0.1) is 22.1 Å². The summed E-state index contributed by atoms with van der Waals surface area (Å²) in [7, 11) is 0. The number of hydrogen-bond donors (Lipinski definition) is 0. The van der Waals surface area contributed by atoms with E-state index in [1.54, 1.807) is 13.0 Å². The van der Waals surface area contributed by atoms with E-state index in [2.05, 4.69) is 0 Å². The van der Waals surface area contributed by atoms with Crippen LogP contribution in [0.15, 0.2) is 18.2 Å². The quantitative estimate of drug-likeness (QED) is 0.482. The van der Waals surface area contributed by atoms with Crippen LogP contribution in [0.3, 0.4) is 0 Å². The molecule has 0 spiro atoms. The van der Waals surface area contributed by atoms with Gasteiger partial charge in [-0.05, 0) is 24.6 Å². The molecule has 2 rings (SSSR count). The van der Waals surface area contributed by atoms with E-state index in [-0.39, 0.29) is 24.6 Å². The van der Waals surface area contributed by atoms with Crippen molar-refractivity contribution < 1.29 is 14.5 Å². The molecular formula is C12H11ClN2O4. The van der Waals surface area contributed by atoms with Gasteiger partial charge in [0.2, 0.25) is 11.1 Å². The van der Waals surface area contributed by atoms with Gasteiger partial charge in [0.1, 0.15) is 0 Å².